The number of rotatable bonds is 7. The van der Waals surface area contributed by atoms with Crippen LogP contribution in [0, 0.1) is 0 Å². The van der Waals surface area contributed by atoms with Gasteiger partial charge in [0.2, 0.25) is 0 Å². The van der Waals surface area contributed by atoms with Crippen LogP contribution in [0.4, 0.5) is 0 Å². The number of ether oxygens (including phenoxy) is 2. The van der Waals surface area contributed by atoms with Crippen molar-refractivity contribution in [3.05, 3.63) is 68.0 Å². The molecular weight excluding hydrogens is 416 g/mol. The third-order valence-electron chi connectivity index (χ3n) is 5.47. The molecule has 4 rings (SSSR count). The Labute approximate surface area is 184 Å². The van der Waals surface area contributed by atoms with Crippen LogP contribution < -0.4 is 10.3 Å². The SMILES string of the molecule is COC(=O)c1c(OCCc2ccsc2)cc(=O)n2c1CCN(Cc1cnn(C)c1)CC2. The molecule has 3 aromatic heterocycles. The second-order valence-electron chi connectivity index (χ2n) is 7.59. The number of thiophene rings is 1. The number of hydrogen-bond donors (Lipinski definition) is 0. The molecule has 1 aliphatic rings. The zero-order valence-electron chi connectivity index (χ0n) is 17.7. The first-order chi connectivity index (χ1) is 15.0. The molecule has 0 radical (unpaired) electrons. The Morgan fingerprint density at radius 3 is 2.84 bits per heavy atom. The highest BCUT2D eigenvalue weighted by molar-refractivity contribution is 7.07. The van der Waals surface area contributed by atoms with Crippen LogP contribution >= 0.6 is 11.3 Å². The quantitative estimate of drug-likeness (QED) is 0.522. The maximum atomic E-state index is 12.9. The van der Waals surface area contributed by atoms with E-state index in [2.05, 4.69) is 15.4 Å². The molecule has 0 bridgehead atoms. The van der Waals surface area contributed by atoms with Gasteiger partial charge in [-0.2, -0.15) is 16.4 Å². The summed E-state index contributed by atoms with van der Waals surface area (Å²) in [5, 5.41) is 8.30. The van der Waals surface area contributed by atoms with Crippen molar-refractivity contribution in [3.63, 3.8) is 0 Å². The minimum Gasteiger partial charge on any atom is -0.492 e. The first-order valence-corrected chi connectivity index (χ1v) is 11.2. The van der Waals surface area contributed by atoms with E-state index in [4.69, 9.17) is 9.47 Å². The van der Waals surface area contributed by atoms with Crippen LogP contribution in [0.1, 0.15) is 27.2 Å². The molecule has 164 valence electrons. The molecule has 8 nitrogen and oxygen atoms in total. The second-order valence-corrected chi connectivity index (χ2v) is 8.37. The summed E-state index contributed by atoms with van der Waals surface area (Å²) in [6.45, 7) is 3.07. The highest BCUT2D eigenvalue weighted by Gasteiger charge is 2.26. The first-order valence-electron chi connectivity index (χ1n) is 10.2. The van der Waals surface area contributed by atoms with Crippen LogP contribution in [0.15, 0.2) is 40.1 Å². The van der Waals surface area contributed by atoms with Gasteiger partial charge in [0.05, 0.1) is 19.9 Å². The first kappa shape index (κ1) is 21.3. The number of pyridine rings is 1. The molecule has 9 heteroatoms. The van der Waals surface area contributed by atoms with Crippen molar-refractivity contribution in [3.8, 4) is 5.75 Å². The van der Waals surface area contributed by atoms with Gasteiger partial charge in [-0.15, -0.1) is 0 Å². The average molecular weight is 443 g/mol. The van der Waals surface area contributed by atoms with Gasteiger partial charge < -0.3 is 14.0 Å². The molecule has 0 saturated heterocycles. The van der Waals surface area contributed by atoms with Gasteiger partial charge in [-0.25, -0.2) is 4.79 Å². The number of carbonyl (C=O) groups is 1. The van der Waals surface area contributed by atoms with E-state index in [1.54, 1.807) is 20.6 Å². The van der Waals surface area contributed by atoms with Gasteiger partial charge in [0.1, 0.15) is 11.3 Å². The second kappa shape index (κ2) is 9.49. The summed E-state index contributed by atoms with van der Waals surface area (Å²) in [4.78, 5) is 27.8. The molecule has 1 aliphatic heterocycles. The van der Waals surface area contributed by atoms with Gasteiger partial charge in [-0.05, 0) is 22.4 Å². The van der Waals surface area contributed by atoms with E-state index in [1.165, 1.54) is 18.7 Å². The molecule has 31 heavy (non-hydrogen) atoms. The molecule has 0 atom stereocenters. The number of fused-ring (bicyclic) bond motifs is 1. The van der Waals surface area contributed by atoms with Crippen molar-refractivity contribution in [1.29, 1.82) is 0 Å². The smallest absolute Gasteiger partial charge is 0.343 e. The van der Waals surface area contributed by atoms with Crippen LogP contribution in [-0.4, -0.2) is 52.0 Å². The van der Waals surface area contributed by atoms with Gasteiger partial charge in [0, 0.05) is 69.6 Å². The minimum absolute atomic E-state index is 0.156. The van der Waals surface area contributed by atoms with Crippen molar-refractivity contribution in [1.82, 2.24) is 19.2 Å². The lowest BCUT2D eigenvalue weighted by molar-refractivity contribution is 0.0593. The number of methoxy groups -OCH3 is 1. The lowest BCUT2D eigenvalue weighted by atomic mass is 10.1. The van der Waals surface area contributed by atoms with Gasteiger partial charge in [0.15, 0.2) is 0 Å². The third-order valence-corrected chi connectivity index (χ3v) is 6.20. The Morgan fingerprint density at radius 2 is 2.13 bits per heavy atom. The third kappa shape index (κ3) is 4.88. The summed E-state index contributed by atoms with van der Waals surface area (Å²) >= 11 is 1.63. The van der Waals surface area contributed by atoms with E-state index in [9.17, 15) is 9.59 Å². The van der Waals surface area contributed by atoms with Gasteiger partial charge >= 0.3 is 5.97 Å². The highest BCUT2D eigenvalue weighted by Crippen LogP contribution is 2.24. The van der Waals surface area contributed by atoms with E-state index < -0.39 is 5.97 Å². The zero-order chi connectivity index (χ0) is 21.8. The molecule has 0 spiro atoms. The number of aryl methyl sites for hydroxylation is 1. The van der Waals surface area contributed by atoms with Crippen LogP contribution in [0.2, 0.25) is 0 Å². The summed E-state index contributed by atoms with van der Waals surface area (Å²) < 4.78 is 14.4. The van der Waals surface area contributed by atoms with Crippen LogP contribution in [0.25, 0.3) is 0 Å². The molecule has 4 heterocycles. The Bertz CT molecular complexity index is 1100. The predicted molar refractivity (Wildman–Crippen MR) is 118 cm³/mol. The lowest BCUT2D eigenvalue weighted by Gasteiger charge is -2.18. The molecule has 0 aromatic carbocycles. The Balaban J connectivity index is 1.56. The molecular formula is C22H26N4O4S. The average Bonchev–Trinajstić information content (AvgIpc) is 3.37. The van der Waals surface area contributed by atoms with Crippen molar-refractivity contribution < 1.29 is 14.3 Å². The van der Waals surface area contributed by atoms with Crippen LogP contribution in [0.3, 0.4) is 0 Å². The molecule has 0 fully saturated rings. The fourth-order valence-electron chi connectivity index (χ4n) is 3.91. The maximum absolute atomic E-state index is 12.9. The molecule has 0 N–H and O–H groups in total. The van der Waals surface area contributed by atoms with Crippen molar-refractivity contribution >= 4 is 17.3 Å². The zero-order valence-corrected chi connectivity index (χ0v) is 18.6. The Kier molecular flexibility index (Phi) is 6.53. The summed E-state index contributed by atoms with van der Waals surface area (Å²) in [5.41, 5.74) is 3.17. The fraction of sp³-hybridized carbons (Fsp3) is 0.409. The molecule has 0 saturated carbocycles. The van der Waals surface area contributed by atoms with Crippen LogP contribution in [-0.2, 0) is 37.7 Å². The Hall–Kier alpha value is -2.91. The predicted octanol–water partition coefficient (Wildman–Crippen LogP) is 2.11. The number of aromatic nitrogens is 3. The lowest BCUT2D eigenvalue weighted by Crippen LogP contribution is -2.29. The van der Waals surface area contributed by atoms with Gasteiger partial charge in [-0.3, -0.25) is 14.4 Å². The standard InChI is InChI=1S/C22H26N4O4S/c1-24-13-17(12-23-24)14-25-6-3-18-21(22(28)29-2)19(11-20(27)26(18)8-7-25)30-9-4-16-5-10-31-15-16/h5,10-13,15H,3-4,6-9,14H2,1-2H3. The number of nitrogens with zero attached hydrogens (tertiary/aromatic N) is 4. The van der Waals surface area contributed by atoms with Crippen molar-refractivity contribution in [2.45, 2.75) is 25.9 Å². The normalized spacial score (nSPS) is 14.1. The van der Waals surface area contributed by atoms with Crippen LogP contribution in [0.5, 0.6) is 5.75 Å². The monoisotopic (exact) mass is 442 g/mol. The largest absolute Gasteiger partial charge is 0.492 e. The maximum Gasteiger partial charge on any atom is 0.343 e. The topological polar surface area (TPSA) is 78.6 Å². The molecule has 0 amide bonds. The minimum atomic E-state index is -0.477. The summed E-state index contributed by atoms with van der Waals surface area (Å²) in [7, 11) is 3.24. The van der Waals surface area contributed by atoms with Crippen molar-refractivity contribution in [2.24, 2.45) is 7.05 Å². The van der Waals surface area contributed by atoms with E-state index in [0.717, 1.165) is 18.7 Å². The van der Waals surface area contributed by atoms with Gasteiger partial charge in [0.25, 0.3) is 5.56 Å². The van der Waals surface area contributed by atoms with Gasteiger partial charge in [-0.1, -0.05) is 0 Å². The summed E-state index contributed by atoms with van der Waals surface area (Å²) in [6.07, 6.45) is 5.11. The molecule has 0 unspecified atom stereocenters. The van der Waals surface area contributed by atoms with E-state index >= 15 is 0 Å². The molecule has 0 aliphatic carbocycles. The van der Waals surface area contributed by atoms with Crippen molar-refractivity contribution in [2.75, 3.05) is 26.8 Å². The highest BCUT2D eigenvalue weighted by atomic mass is 32.1. The fourth-order valence-corrected chi connectivity index (χ4v) is 4.62. The van der Waals surface area contributed by atoms with E-state index in [-0.39, 0.29) is 5.56 Å². The molecule has 3 aromatic rings. The summed E-state index contributed by atoms with van der Waals surface area (Å²) in [6, 6.07) is 3.46. The Morgan fingerprint density at radius 1 is 1.26 bits per heavy atom. The number of carbonyl (C=O) groups excluding carboxylic acids is 1. The number of hydrogen-bond acceptors (Lipinski definition) is 7. The van der Waals surface area contributed by atoms with E-state index in [0.29, 0.717) is 49.5 Å². The summed E-state index contributed by atoms with van der Waals surface area (Å²) in [5.74, 6) is -0.172. The number of esters is 1. The van der Waals surface area contributed by atoms with E-state index in [1.807, 2.05) is 30.9 Å².